The van der Waals surface area contributed by atoms with E-state index in [9.17, 15) is 0 Å². The largest absolute Gasteiger partial charge is 0.0991 e. The van der Waals surface area contributed by atoms with Crippen LogP contribution in [0.5, 0.6) is 0 Å². The van der Waals surface area contributed by atoms with Gasteiger partial charge >= 0.3 is 0 Å². The maximum Gasteiger partial charge on any atom is -0.0401 e. The fourth-order valence-corrected chi connectivity index (χ4v) is 0.575. The summed E-state index contributed by atoms with van der Waals surface area (Å²) in [6.45, 7) is 7.67. The Morgan fingerprint density at radius 1 is 1.00 bits per heavy atom. The lowest BCUT2D eigenvalue weighted by molar-refractivity contribution is 1.48. The first-order valence-corrected chi connectivity index (χ1v) is 4.06. The summed E-state index contributed by atoms with van der Waals surface area (Å²) in [6, 6.07) is 0. The van der Waals surface area contributed by atoms with Gasteiger partial charge in [0, 0.05) is 0 Å². The quantitative estimate of drug-likeness (QED) is 0.549. The van der Waals surface area contributed by atoms with Crippen LogP contribution >= 0.6 is 0 Å². The zero-order valence-electron chi connectivity index (χ0n) is 7.83. The molecule has 0 N–H and O–H groups in total. The lowest BCUT2D eigenvalue weighted by Gasteiger charge is -1.83. The van der Waals surface area contributed by atoms with E-state index in [1.165, 1.54) is 5.57 Å². The molecule has 0 saturated carbocycles. The molecule has 0 unspecified atom stereocenters. The van der Waals surface area contributed by atoms with Crippen LogP contribution in [0.2, 0.25) is 0 Å². The van der Waals surface area contributed by atoms with Gasteiger partial charge in [-0.05, 0) is 13.8 Å². The van der Waals surface area contributed by atoms with Gasteiger partial charge in [-0.15, -0.1) is 0 Å². The van der Waals surface area contributed by atoms with Crippen LogP contribution in [0.25, 0.3) is 0 Å². The van der Waals surface area contributed by atoms with Gasteiger partial charge in [-0.2, -0.15) is 0 Å². The van der Waals surface area contributed by atoms with Crippen molar-refractivity contribution in [3.05, 3.63) is 60.8 Å². The second-order valence-corrected chi connectivity index (χ2v) is 2.40. The summed E-state index contributed by atoms with van der Waals surface area (Å²) in [5, 5.41) is 0. The van der Waals surface area contributed by atoms with Crippen molar-refractivity contribution in [1.29, 1.82) is 0 Å². The molecule has 0 heteroatoms. The van der Waals surface area contributed by atoms with E-state index < -0.39 is 0 Å². The van der Waals surface area contributed by atoms with Crippen molar-refractivity contribution in [2.24, 2.45) is 0 Å². The van der Waals surface area contributed by atoms with Gasteiger partial charge in [-0.25, -0.2) is 0 Å². The molecule has 0 amide bonds. The first kappa shape index (κ1) is 10.7. The molecule has 0 aromatic carbocycles. The summed E-state index contributed by atoms with van der Waals surface area (Å²) in [5.41, 5.74) is 1.27. The van der Waals surface area contributed by atoms with E-state index in [0.29, 0.717) is 0 Å². The SMILES string of the molecule is C=C/C=C/C=C\C=C/C(C)=C/C. The topological polar surface area (TPSA) is 0 Å². The molecule has 12 heavy (non-hydrogen) atoms. The van der Waals surface area contributed by atoms with Gasteiger partial charge in [0.2, 0.25) is 0 Å². The molecule has 0 spiro atoms. The normalized spacial score (nSPS) is 13.7. The molecule has 0 heterocycles. The van der Waals surface area contributed by atoms with Gasteiger partial charge in [-0.3, -0.25) is 0 Å². The second kappa shape index (κ2) is 7.80. The molecule has 0 aromatic rings. The molecule has 0 aromatic heterocycles. The van der Waals surface area contributed by atoms with Crippen molar-refractivity contribution in [2.45, 2.75) is 13.8 Å². The van der Waals surface area contributed by atoms with E-state index in [1.54, 1.807) is 6.08 Å². The van der Waals surface area contributed by atoms with E-state index in [1.807, 2.05) is 37.3 Å². The van der Waals surface area contributed by atoms with Crippen LogP contribution in [0.1, 0.15) is 13.8 Å². The summed E-state index contributed by atoms with van der Waals surface area (Å²) in [4.78, 5) is 0. The van der Waals surface area contributed by atoms with Gasteiger partial charge in [0.25, 0.3) is 0 Å². The molecule has 0 atom stereocenters. The van der Waals surface area contributed by atoms with E-state index in [2.05, 4.69) is 25.7 Å². The molecular weight excluding hydrogens is 144 g/mol. The predicted octanol–water partition coefficient (Wildman–Crippen LogP) is 3.81. The molecule has 0 aliphatic rings. The second-order valence-electron chi connectivity index (χ2n) is 2.40. The summed E-state index contributed by atoms with van der Waals surface area (Å²) in [7, 11) is 0. The number of hydrogen-bond donors (Lipinski definition) is 0. The number of allylic oxidation sites excluding steroid dienone is 9. The molecule has 0 bridgehead atoms. The van der Waals surface area contributed by atoms with E-state index in [4.69, 9.17) is 0 Å². The van der Waals surface area contributed by atoms with Gasteiger partial charge in [-0.1, -0.05) is 60.8 Å². The Hall–Kier alpha value is -1.30. The van der Waals surface area contributed by atoms with E-state index in [-0.39, 0.29) is 0 Å². The van der Waals surface area contributed by atoms with Crippen molar-refractivity contribution >= 4 is 0 Å². The van der Waals surface area contributed by atoms with E-state index in [0.717, 1.165) is 0 Å². The molecule has 0 radical (unpaired) electrons. The van der Waals surface area contributed by atoms with Crippen molar-refractivity contribution in [1.82, 2.24) is 0 Å². The van der Waals surface area contributed by atoms with Gasteiger partial charge in [0.15, 0.2) is 0 Å². The van der Waals surface area contributed by atoms with Gasteiger partial charge in [0.05, 0.1) is 0 Å². The molecule has 0 nitrogen and oxygen atoms in total. The zero-order valence-corrected chi connectivity index (χ0v) is 7.83. The maximum atomic E-state index is 3.57. The molecule has 0 aliphatic carbocycles. The Balaban J connectivity index is 3.81. The summed E-state index contributed by atoms with van der Waals surface area (Å²) >= 11 is 0. The molecule has 0 fully saturated rings. The fraction of sp³-hybridized carbons (Fsp3) is 0.167. The fourth-order valence-electron chi connectivity index (χ4n) is 0.575. The zero-order chi connectivity index (χ0) is 9.23. The highest BCUT2D eigenvalue weighted by Crippen LogP contribution is 1.93. The van der Waals surface area contributed by atoms with E-state index >= 15 is 0 Å². The summed E-state index contributed by atoms with van der Waals surface area (Å²) < 4.78 is 0. The third-order valence-electron chi connectivity index (χ3n) is 1.39. The Bertz CT molecular complexity index is 224. The summed E-state index contributed by atoms with van der Waals surface area (Å²) in [5.74, 6) is 0. The number of rotatable bonds is 4. The predicted molar refractivity (Wildman–Crippen MR) is 57.0 cm³/mol. The Labute approximate surface area is 75.3 Å². The minimum absolute atomic E-state index is 1.27. The highest BCUT2D eigenvalue weighted by molar-refractivity contribution is 5.21. The Morgan fingerprint density at radius 3 is 2.17 bits per heavy atom. The van der Waals surface area contributed by atoms with Gasteiger partial charge in [0.1, 0.15) is 0 Å². The van der Waals surface area contributed by atoms with Crippen LogP contribution in [-0.4, -0.2) is 0 Å². The number of hydrogen-bond acceptors (Lipinski definition) is 0. The Morgan fingerprint density at radius 2 is 1.58 bits per heavy atom. The first-order valence-electron chi connectivity index (χ1n) is 4.06. The van der Waals surface area contributed by atoms with Crippen LogP contribution in [0.15, 0.2) is 60.8 Å². The average Bonchev–Trinajstić information content (AvgIpc) is 2.10. The molecule has 64 valence electrons. The Kier molecular flexibility index (Phi) is 6.96. The van der Waals surface area contributed by atoms with Gasteiger partial charge < -0.3 is 0 Å². The van der Waals surface area contributed by atoms with Crippen LogP contribution < -0.4 is 0 Å². The minimum atomic E-state index is 1.27. The van der Waals surface area contributed by atoms with Crippen molar-refractivity contribution < 1.29 is 0 Å². The standard InChI is InChI=1S/C12H16/c1-4-6-7-8-9-10-11-12(3)5-2/h4-11H,1H2,2-3H3/b7-6+,9-8-,11-10-,12-5+. The molecule has 0 rings (SSSR count). The lowest BCUT2D eigenvalue weighted by Crippen LogP contribution is -1.62. The molecular formula is C12H16. The monoisotopic (exact) mass is 160 g/mol. The minimum Gasteiger partial charge on any atom is -0.0991 e. The van der Waals surface area contributed by atoms with Crippen LogP contribution in [0.3, 0.4) is 0 Å². The lowest BCUT2D eigenvalue weighted by atomic mass is 10.2. The van der Waals surface area contributed by atoms with Crippen molar-refractivity contribution in [2.75, 3.05) is 0 Å². The first-order chi connectivity index (χ1) is 5.81. The average molecular weight is 160 g/mol. The smallest absolute Gasteiger partial charge is 0.0401 e. The third kappa shape index (κ3) is 6.81. The van der Waals surface area contributed by atoms with Crippen LogP contribution in [-0.2, 0) is 0 Å². The third-order valence-corrected chi connectivity index (χ3v) is 1.39. The molecule has 0 saturated heterocycles. The highest BCUT2D eigenvalue weighted by atomic mass is 13.8. The summed E-state index contributed by atoms with van der Waals surface area (Å²) in [6.07, 6.45) is 15.7. The van der Waals surface area contributed by atoms with Crippen molar-refractivity contribution in [3.8, 4) is 0 Å². The van der Waals surface area contributed by atoms with Crippen molar-refractivity contribution in [3.63, 3.8) is 0 Å². The van der Waals surface area contributed by atoms with Crippen LogP contribution in [0.4, 0.5) is 0 Å². The highest BCUT2D eigenvalue weighted by Gasteiger charge is 1.72. The maximum absolute atomic E-state index is 3.57. The van der Waals surface area contributed by atoms with Crippen LogP contribution in [0, 0.1) is 0 Å². The molecule has 0 aliphatic heterocycles.